The zero-order chi connectivity index (χ0) is 17.9. The minimum atomic E-state index is -2.52. The SMILES string of the molecule is CC(C)(C)[Si](OC1C=C(C=O)CC1)(c1ccccc1)c1ccccc1. The van der Waals surface area contributed by atoms with E-state index < -0.39 is 8.32 Å². The van der Waals surface area contributed by atoms with Gasteiger partial charge in [-0.1, -0.05) is 87.5 Å². The molecule has 0 radical (unpaired) electrons. The first kappa shape index (κ1) is 17.8. The van der Waals surface area contributed by atoms with Crippen molar-refractivity contribution in [3.05, 3.63) is 72.3 Å². The Labute approximate surface area is 151 Å². The van der Waals surface area contributed by atoms with Gasteiger partial charge in [-0.05, 0) is 33.8 Å². The fourth-order valence-electron chi connectivity index (χ4n) is 3.82. The van der Waals surface area contributed by atoms with Gasteiger partial charge in [0, 0.05) is 0 Å². The Morgan fingerprint density at radius 2 is 1.48 bits per heavy atom. The minimum Gasteiger partial charge on any atom is -0.401 e. The molecule has 0 amide bonds. The summed E-state index contributed by atoms with van der Waals surface area (Å²) in [6, 6.07) is 21.3. The summed E-state index contributed by atoms with van der Waals surface area (Å²) in [5, 5.41) is 2.52. The molecule has 0 saturated carbocycles. The van der Waals surface area contributed by atoms with Crippen molar-refractivity contribution >= 4 is 25.0 Å². The van der Waals surface area contributed by atoms with Crippen LogP contribution in [0.15, 0.2) is 72.3 Å². The average Bonchev–Trinajstić information content (AvgIpc) is 3.08. The van der Waals surface area contributed by atoms with Crippen LogP contribution in [-0.2, 0) is 9.22 Å². The summed E-state index contributed by atoms with van der Waals surface area (Å²) >= 11 is 0. The summed E-state index contributed by atoms with van der Waals surface area (Å²) in [6.45, 7) is 6.83. The van der Waals surface area contributed by atoms with Gasteiger partial charge in [-0.25, -0.2) is 0 Å². The number of allylic oxidation sites excluding steroid dienone is 1. The Morgan fingerprint density at radius 3 is 1.88 bits per heavy atom. The predicted octanol–water partition coefficient (Wildman–Crippen LogP) is 3.85. The molecule has 2 aromatic rings. The summed E-state index contributed by atoms with van der Waals surface area (Å²) in [5.41, 5.74) is 0.864. The van der Waals surface area contributed by atoms with Crippen molar-refractivity contribution < 1.29 is 9.22 Å². The average molecular weight is 351 g/mol. The van der Waals surface area contributed by atoms with E-state index in [9.17, 15) is 4.79 Å². The van der Waals surface area contributed by atoms with Crippen LogP contribution in [0.25, 0.3) is 0 Å². The Bertz CT molecular complexity index is 705. The van der Waals surface area contributed by atoms with Crippen molar-refractivity contribution in [3.63, 3.8) is 0 Å². The molecule has 1 aliphatic carbocycles. The van der Waals surface area contributed by atoms with E-state index in [-0.39, 0.29) is 11.1 Å². The minimum absolute atomic E-state index is 0.00602. The fourth-order valence-corrected chi connectivity index (χ4v) is 8.48. The molecule has 1 atom stereocenters. The quantitative estimate of drug-likeness (QED) is 0.605. The number of rotatable bonds is 5. The van der Waals surface area contributed by atoms with E-state index in [2.05, 4.69) is 81.4 Å². The van der Waals surface area contributed by atoms with Crippen LogP contribution in [0.4, 0.5) is 0 Å². The molecule has 130 valence electrons. The predicted molar refractivity (Wildman–Crippen MR) is 106 cm³/mol. The van der Waals surface area contributed by atoms with Gasteiger partial charge < -0.3 is 4.43 Å². The Hall–Kier alpha value is -1.97. The maximum Gasteiger partial charge on any atom is 0.261 e. The highest BCUT2D eigenvalue weighted by atomic mass is 28.4. The first-order valence-corrected chi connectivity index (χ1v) is 10.8. The molecule has 3 rings (SSSR count). The van der Waals surface area contributed by atoms with Crippen LogP contribution in [0.5, 0.6) is 0 Å². The molecule has 0 fully saturated rings. The van der Waals surface area contributed by atoms with Gasteiger partial charge in [-0.15, -0.1) is 0 Å². The number of carbonyl (C=O) groups excluding carboxylic acids is 1. The second kappa shape index (κ2) is 7.10. The lowest BCUT2D eigenvalue weighted by atomic mass is 10.2. The van der Waals surface area contributed by atoms with Crippen LogP contribution in [0, 0.1) is 0 Å². The lowest BCUT2D eigenvalue weighted by Crippen LogP contribution is -2.67. The molecule has 0 aromatic heterocycles. The van der Waals surface area contributed by atoms with Gasteiger partial charge in [0.15, 0.2) is 0 Å². The molecule has 3 heteroatoms. The number of carbonyl (C=O) groups is 1. The van der Waals surface area contributed by atoms with Crippen LogP contribution in [0.1, 0.15) is 33.6 Å². The van der Waals surface area contributed by atoms with Crippen LogP contribution in [0.3, 0.4) is 0 Å². The first-order chi connectivity index (χ1) is 12.0. The third-order valence-electron chi connectivity index (χ3n) is 5.01. The van der Waals surface area contributed by atoms with E-state index in [4.69, 9.17) is 4.43 Å². The van der Waals surface area contributed by atoms with Gasteiger partial charge in [0.1, 0.15) is 6.29 Å². The smallest absolute Gasteiger partial charge is 0.261 e. The maximum atomic E-state index is 11.1. The molecule has 0 aliphatic heterocycles. The summed E-state index contributed by atoms with van der Waals surface area (Å²) in [4.78, 5) is 11.1. The van der Waals surface area contributed by atoms with Crippen LogP contribution < -0.4 is 10.4 Å². The third-order valence-corrected chi connectivity index (χ3v) is 10.1. The van der Waals surface area contributed by atoms with Gasteiger partial charge in [0.25, 0.3) is 8.32 Å². The molecular formula is C22H26O2Si. The van der Waals surface area contributed by atoms with E-state index in [0.717, 1.165) is 24.7 Å². The van der Waals surface area contributed by atoms with Gasteiger partial charge in [-0.3, -0.25) is 4.79 Å². The zero-order valence-corrected chi connectivity index (χ0v) is 16.2. The molecule has 25 heavy (non-hydrogen) atoms. The van der Waals surface area contributed by atoms with Crippen molar-refractivity contribution in [2.24, 2.45) is 0 Å². The van der Waals surface area contributed by atoms with E-state index in [1.54, 1.807) is 0 Å². The zero-order valence-electron chi connectivity index (χ0n) is 15.2. The molecular weight excluding hydrogens is 324 g/mol. The van der Waals surface area contributed by atoms with Gasteiger partial charge in [0.2, 0.25) is 0 Å². The summed E-state index contributed by atoms with van der Waals surface area (Å²) in [7, 11) is -2.52. The van der Waals surface area contributed by atoms with Crippen LogP contribution in [0.2, 0.25) is 5.04 Å². The lowest BCUT2D eigenvalue weighted by molar-refractivity contribution is -0.105. The Morgan fingerprint density at radius 1 is 0.960 bits per heavy atom. The molecule has 0 heterocycles. The van der Waals surface area contributed by atoms with Gasteiger partial charge >= 0.3 is 0 Å². The molecule has 1 unspecified atom stereocenters. The Balaban J connectivity index is 2.16. The first-order valence-electron chi connectivity index (χ1n) is 8.92. The van der Waals surface area contributed by atoms with Crippen LogP contribution in [-0.4, -0.2) is 20.7 Å². The monoisotopic (exact) mass is 350 g/mol. The molecule has 2 aromatic carbocycles. The third kappa shape index (κ3) is 3.39. The molecule has 1 aliphatic rings. The summed E-state index contributed by atoms with van der Waals surface area (Å²) in [6.07, 6.45) is 4.69. The van der Waals surface area contributed by atoms with Crippen molar-refractivity contribution in [2.75, 3.05) is 0 Å². The van der Waals surface area contributed by atoms with Gasteiger partial charge in [0.05, 0.1) is 6.10 Å². The van der Waals surface area contributed by atoms with Crippen molar-refractivity contribution in [3.8, 4) is 0 Å². The Kier molecular flexibility index (Phi) is 5.07. The standard InChI is InChI=1S/C22H26O2Si/c1-22(2,3)25(20-10-6-4-7-11-20,21-12-8-5-9-13-21)24-19-15-14-18(16-19)17-23/h4-13,16-17,19H,14-15H2,1-3H3. The van der Waals surface area contributed by atoms with Crippen molar-refractivity contribution in [1.29, 1.82) is 0 Å². The fraction of sp³-hybridized carbons (Fsp3) is 0.318. The number of benzene rings is 2. The van der Waals surface area contributed by atoms with Crippen molar-refractivity contribution in [1.82, 2.24) is 0 Å². The van der Waals surface area contributed by atoms with E-state index in [0.29, 0.717) is 0 Å². The molecule has 0 N–H and O–H groups in total. The summed E-state index contributed by atoms with van der Waals surface area (Å²) < 4.78 is 6.97. The molecule has 2 nitrogen and oxygen atoms in total. The topological polar surface area (TPSA) is 26.3 Å². The molecule has 0 spiro atoms. The highest BCUT2D eigenvalue weighted by molar-refractivity contribution is 6.99. The molecule has 0 bridgehead atoms. The molecule has 0 saturated heterocycles. The number of hydrogen-bond acceptors (Lipinski definition) is 2. The largest absolute Gasteiger partial charge is 0.401 e. The second-order valence-electron chi connectivity index (χ2n) is 7.72. The number of hydrogen-bond donors (Lipinski definition) is 0. The van der Waals surface area contributed by atoms with Crippen LogP contribution >= 0.6 is 0 Å². The van der Waals surface area contributed by atoms with Crippen molar-refractivity contribution in [2.45, 2.75) is 44.8 Å². The number of aldehydes is 1. The van der Waals surface area contributed by atoms with E-state index >= 15 is 0 Å². The maximum absolute atomic E-state index is 11.1. The summed E-state index contributed by atoms with van der Waals surface area (Å²) in [5.74, 6) is 0. The highest BCUT2D eigenvalue weighted by Gasteiger charge is 2.51. The van der Waals surface area contributed by atoms with E-state index in [1.165, 1.54) is 10.4 Å². The normalized spacial score (nSPS) is 18.0. The van der Waals surface area contributed by atoms with Gasteiger partial charge in [-0.2, -0.15) is 0 Å². The van der Waals surface area contributed by atoms with E-state index in [1.807, 2.05) is 6.08 Å². The lowest BCUT2D eigenvalue weighted by Gasteiger charge is -2.44. The second-order valence-corrected chi connectivity index (χ2v) is 12.0. The highest BCUT2D eigenvalue weighted by Crippen LogP contribution is 2.39.